The Hall–Kier alpha value is -2.80. The zero-order valence-corrected chi connectivity index (χ0v) is 17.8. The van der Waals surface area contributed by atoms with E-state index in [1.807, 2.05) is 35.2 Å². The van der Waals surface area contributed by atoms with E-state index in [1.165, 1.54) is 17.3 Å². The van der Waals surface area contributed by atoms with Crippen molar-refractivity contribution in [2.45, 2.75) is 24.5 Å². The molecule has 156 valence electrons. The number of hydrogen-bond donors (Lipinski definition) is 0. The van der Waals surface area contributed by atoms with E-state index in [4.69, 9.17) is 9.15 Å². The summed E-state index contributed by atoms with van der Waals surface area (Å²) in [5.74, 6) is 2.23. The second-order valence-corrected chi connectivity index (χ2v) is 8.33. The van der Waals surface area contributed by atoms with Gasteiger partial charge in [-0.1, -0.05) is 48.2 Å². The van der Waals surface area contributed by atoms with Crippen molar-refractivity contribution >= 4 is 17.7 Å². The zero-order valence-electron chi connectivity index (χ0n) is 17.0. The van der Waals surface area contributed by atoms with Gasteiger partial charge in [0.2, 0.25) is 11.8 Å². The molecule has 7 heteroatoms. The molecule has 0 radical (unpaired) electrons. The Labute approximate surface area is 180 Å². The van der Waals surface area contributed by atoms with Crippen LogP contribution < -0.4 is 4.74 Å². The highest BCUT2D eigenvalue weighted by Crippen LogP contribution is 2.27. The number of nitrogens with zero attached hydrogens (tertiary/aromatic N) is 3. The lowest BCUT2D eigenvalue weighted by Gasteiger charge is -2.32. The van der Waals surface area contributed by atoms with Crippen molar-refractivity contribution in [1.82, 2.24) is 15.1 Å². The van der Waals surface area contributed by atoms with Crippen LogP contribution in [-0.4, -0.2) is 47.0 Å². The first-order chi connectivity index (χ1) is 14.7. The Morgan fingerprint density at radius 3 is 2.70 bits per heavy atom. The van der Waals surface area contributed by atoms with Gasteiger partial charge in [-0.05, 0) is 48.9 Å². The molecular formula is C23H25N3O3S. The smallest absolute Gasteiger partial charge is 0.277 e. The molecule has 0 spiro atoms. The minimum atomic E-state index is 0.124. The molecule has 3 aromatic rings. The summed E-state index contributed by atoms with van der Waals surface area (Å²) in [4.78, 5) is 14.5. The topological polar surface area (TPSA) is 68.5 Å². The van der Waals surface area contributed by atoms with E-state index in [9.17, 15) is 4.79 Å². The molecule has 1 aromatic heterocycles. The summed E-state index contributed by atoms with van der Waals surface area (Å²) in [7, 11) is 1.62. The third-order valence-corrected chi connectivity index (χ3v) is 6.18. The minimum Gasteiger partial charge on any atom is -0.497 e. The number of carbonyl (C=O) groups excluding carboxylic acids is 1. The van der Waals surface area contributed by atoms with E-state index >= 15 is 0 Å². The van der Waals surface area contributed by atoms with Crippen LogP contribution in [-0.2, 0) is 11.2 Å². The summed E-state index contributed by atoms with van der Waals surface area (Å²) in [6, 6.07) is 18.0. The van der Waals surface area contributed by atoms with Crippen molar-refractivity contribution in [3.8, 4) is 17.2 Å². The van der Waals surface area contributed by atoms with Gasteiger partial charge >= 0.3 is 0 Å². The van der Waals surface area contributed by atoms with Gasteiger partial charge in [-0.25, -0.2) is 0 Å². The fourth-order valence-corrected chi connectivity index (χ4v) is 4.36. The highest BCUT2D eigenvalue weighted by atomic mass is 32.2. The summed E-state index contributed by atoms with van der Waals surface area (Å²) in [5, 5.41) is 8.55. The van der Waals surface area contributed by atoms with Crippen molar-refractivity contribution < 1.29 is 13.9 Å². The van der Waals surface area contributed by atoms with Gasteiger partial charge in [0.25, 0.3) is 5.22 Å². The molecule has 0 bridgehead atoms. The standard InChI is InChI=1S/C23H25N3O3S/c1-28-20-9-5-8-19(15-20)22-24-25-23(29-22)30-16-21(27)26-12-10-18(11-13-26)14-17-6-3-2-4-7-17/h2-9,15,18H,10-14,16H2,1H3. The van der Waals surface area contributed by atoms with E-state index in [0.29, 0.717) is 22.8 Å². The Kier molecular flexibility index (Phi) is 6.69. The number of ether oxygens (including phenoxy) is 1. The normalized spacial score (nSPS) is 14.6. The second-order valence-electron chi connectivity index (χ2n) is 7.41. The van der Waals surface area contributed by atoms with Crippen molar-refractivity contribution in [2.75, 3.05) is 26.0 Å². The van der Waals surface area contributed by atoms with Crippen molar-refractivity contribution in [3.05, 3.63) is 60.2 Å². The molecule has 0 unspecified atom stereocenters. The predicted octanol–water partition coefficient (Wildman–Crippen LogP) is 4.32. The number of thioether (sulfide) groups is 1. The molecular weight excluding hydrogens is 398 g/mol. The number of amides is 1. The summed E-state index contributed by atoms with van der Waals surface area (Å²) in [6.07, 6.45) is 3.18. The van der Waals surface area contributed by atoms with E-state index < -0.39 is 0 Å². The lowest BCUT2D eigenvalue weighted by molar-refractivity contribution is -0.129. The molecule has 6 nitrogen and oxygen atoms in total. The van der Waals surface area contributed by atoms with Crippen LogP contribution in [0.5, 0.6) is 5.75 Å². The number of carbonyl (C=O) groups is 1. The number of aromatic nitrogens is 2. The van der Waals surface area contributed by atoms with Crippen LogP contribution in [0.4, 0.5) is 0 Å². The Morgan fingerprint density at radius 1 is 1.13 bits per heavy atom. The summed E-state index contributed by atoms with van der Waals surface area (Å²) >= 11 is 1.29. The van der Waals surface area contributed by atoms with E-state index in [1.54, 1.807) is 7.11 Å². The Morgan fingerprint density at radius 2 is 1.93 bits per heavy atom. The van der Waals surface area contributed by atoms with Crippen LogP contribution in [0.3, 0.4) is 0 Å². The first-order valence-corrected chi connectivity index (χ1v) is 11.1. The molecule has 0 saturated carbocycles. The number of benzene rings is 2. The quantitative estimate of drug-likeness (QED) is 0.527. The second kappa shape index (κ2) is 9.80. The lowest BCUT2D eigenvalue weighted by atomic mass is 9.90. The largest absolute Gasteiger partial charge is 0.497 e. The van der Waals surface area contributed by atoms with Crippen molar-refractivity contribution in [1.29, 1.82) is 0 Å². The van der Waals surface area contributed by atoms with Crippen LogP contribution in [0.2, 0.25) is 0 Å². The lowest BCUT2D eigenvalue weighted by Crippen LogP contribution is -2.39. The van der Waals surface area contributed by atoms with Crippen LogP contribution in [0.25, 0.3) is 11.5 Å². The molecule has 0 atom stereocenters. The summed E-state index contributed by atoms with van der Waals surface area (Å²) in [5.41, 5.74) is 2.17. The van der Waals surface area contributed by atoms with Gasteiger partial charge in [0, 0.05) is 18.7 Å². The monoisotopic (exact) mass is 423 g/mol. The third kappa shape index (κ3) is 5.21. The maximum Gasteiger partial charge on any atom is 0.277 e. The van der Waals surface area contributed by atoms with Crippen LogP contribution in [0.1, 0.15) is 18.4 Å². The van der Waals surface area contributed by atoms with Gasteiger partial charge in [-0.3, -0.25) is 4.79 Å². The third-order valence-electron chi connectivity index (χ3n) is 5.38. The molecule has 0 N–H and O–H groups in total. The summed E-state index contributed by atoms with van der Waals surface area (Å²) in [6.45, 7) is 1.63. The van der Waals surface area contributed by atoms with Gasteiger partial charge in [0.1, 0.15) is 5.75 Å². The van der Waals surface area contributed by atoms with Gasteiger partial charge in [0.05, 0.1) is 12.9 Å². The molecule has 1 fully saturated rings. The fraction of sp³-hybridized carbons (Fsp3) is 0.348. The highest BCUT2D eigenvalue weighted by molar-refractivity contribution is 7.99. The first kappa shape index (κ1) is 20.5. The van der Waals surface area contributed by atoms with E-state index in [2.05, 4.69) is 34.5 Å². The zero-order chi connectivity index (χ0) is 20.8. The number of hydrogen-bond acceptors (Lipinski definition) is 6. The average Bonchev–Trinajstić information content (AvgIpc) is 3.28. The molecule has 4 rings (SSSR count). The number of rotatable bonds is 7. The van der Waals surface area contributed by atoms with Gasteiger partial charge in [-0.2, -0.15) is 0 Å². The molecule has 1 aliphatic rings. The Bertz CT molecular complexity index is 969. The SMILES string of the molecule is COc1cccc(-c2nnc(SCC(=O)N3CCC(Cc4ccccc4)CC3)o2)c1. The Balaban J connectivity index is 1.25. The molecule has 1 saturated heterocycles. The molecule has 30 heavy (non-hydrogen) atoms. The fourth-order valence-electron chi connectivity index (χ4n) is 3.69. The van der Waals surface area contributed by atoms with Crippen LogP contribution >= 0.6 is 11.8 Å². The van der Waals surface area contributed by atoms with Gasteiger partial charge in [0.15, 0.2) is 0 Å². The van der Waals surface area contributed by atoms with Gasteiger partial charge < -0.3 is 14.1 Å². The first-order valence-electron chi connectivity index (χ1n) is 10.1. The maximum atomic E-state index is 12.6. The molecule has 1 amide bonds. The number of likely N-dealkylation sites (tertiary alicyclic amines) is 1. The molecule has 1 aliphatic heterocycles. The minimum absolute atomic E-state index is 0.124. The summed E-state index contributed by atoms with van der Waals surface area (Å²) < 4.78 is 10.9. The highest BCUT2D eigenvalue weighted by Gasteiger charge is 2.23. The average molecular weight is 424 g/mol. The van der Waals surface area contributed by atoms with Crippen LogP contribution in [0, 0.1) is 5.92 Å². The molecule has 2 heterocycles. The number of methoxy groups -OCH3 is 1. The van der Waals surface area contributed by atoms with Crippen LogP contribution in [0.15, 0.2) is 64.2 Å². The van der Waals surface area contributed by atoms with E-state index in [-0.39, 0.29) is 5.91 Å². The van der Waals surface area contributed by atoms with E-state index in [0.717, 1.165) is 43.7 Å². The van der Waals surface area contributed by atoms with Crippen molar-refractivity contribution in [2.24, 2.45) is 5.92 Å². The predicted molar refractivity (Wildman–Crippen MR) is 116 cm³/mol. The van der Waals surface area contributed by atoms with Gasteiger partial charge in [-0.15, -0.1) is 10.2 Å². The number of piperidine rings is 1. The van der Waals surface area contributed by atoms with Crippen molar-refractivity contribution in [3.63, 3.8) is 0 Å². The maximum absolute atomic E-state index is 12.6. The molecule has 0 aliphatic carbocycles. The molecule has 2 aromatic carbocycles.